The molecule has 17 heavy (non-hydrogen) atoms. The lowest BCUT2D eigenvalue weighted by Crippen LogP contribution is -2.47. The standard InChI is InChI=1S/C14H28N2O/c1-3-4-10-13(15)14(17)16-11(2)12-8-6-5-7-9-12/h11-13H,3-10,15H2,1-2H3,(H,16,17)/t11-,13-/m0/s1. The Morgan fingerprint density at radius 1 is 1.35 bits per heavy atom. The number of nitrogens with two attached hydrogens (primary N) is 1. The number of hydrogen-bond donors (Lipinski definition) is 2. The van der Waals surface area contributed by atoms with Gasteiger partial charge in [0, 0.05) is 6.04 Å². The second-order valence-corrected chi connectivity index (χ2v) is 5.44. The van der Waals surface area contributed by atoms with Gasteiger partial charge in [-0.1, -0.05) is 39.0 Å². The summed E-state index contributed by atoms with van der Waals surface area (Å²) in [6.07, 6.45) is 9.43. The van der Waals surface area contributed by atoms with Gasteiger partial charge in [0.15, 0.2) is 0 Å². The average molecular weight is 240 g/mol. The van der Waals surface area contributed by atoms with Crippen molar-refractivity contribution < 1.29 is 4.79 Å². The van der Waals surface area contributed by atoms with Gasteiger partial charge < -0.3 is 11.1 Å². The van der Waals surface area contributed by atoms with Crippen LogP contribution < -0.4 is 11.1 Å². The normalized spacial score (nSPS) is 20.9. The van der Waals surface area contributed by atoms with Crippen LogP contribution in [0.5, 0.6) is 0 Å². The largest absolute Gasteiger partial charge is 0.352 e. The van der Waals surface area contributed by atoms with Gasteiger partial charge in [-0.2, -0.15) is 0 Å². The van der Waals surface area contributed by atoms with Crippen molar-refractivity contribution in [2.75, 3.05) is 0 Å². The number of unbranched alkanes of at least 4 members (excludes halogenated alkanes) is 1. The highest BCUT2D eigenvalue weighted by molar-refractivity contribution is 5.81. The molecule has 0 aromatic rings. The molecule has 2 atom stereocenters. The first-order valence-corrected chi connectivity index (χ1v) is 7.21. The van der Waals surface area contributed by atoms with Crippen molar-refractivity contribution in [3.8, 4) is 0 Å². The summed E-state index contributed by atoms with van der Waals surface area (Å²) in [5.74, 6) is 0.697. The molecule has 1 saturated carbocycles. The first-order valence-electron chi connectivity index (χ1n) is 7.21. The number of nitrogens with one attached hydrogen (secondary N) is 1. The number of rotatable bonds is 6. The maximum Gasteiger partial charge on any atom is 0.237 e. The summed E-state index contributed by atoms with van der Waals surface area (Å²) in [6.45, 7) is 4.25. The third-order valence-electron chi connectivity index (χ3n) is 3.93. The van der Waals surface area contributed by atoms with Gasteiger partial charge in [-0.25, -0.2) is 0 Å². The van der Waals surface area contributed by atoms with Gasteiger partial charge in [-0.15, -0.1) is 0 Å². The minimum atomic E-state index is -0.319. The molecule has 0 aromatic heterocycles. The predicted molar refractivity (Wildman–Crippen MR) is 71.7 cm³/mol. The highest BCUT2D eigenvalue weighted by Gasteiger charge is 2.23. The van der Waals surface area contributed by atoms with Crippen molar-refractivity contribution in [3.63, 3.8) is 0 Å². The van der Waals surface area contributed by atoms with E-state index in [1.54, 1.807) is 0 Å². The molecule has 0 radical (unpaired) electrons. The molecule has 1 fully saturated rings. The molecule has 1 amide bonds. The van der Waals surface area contributed by atoms with Crippen LogP contribution in [0, 0.1) is 5.92 Å². The molecule has 3 heteroatoms. The SMILES string of the molecule is CCCC[C@H](N)C(=O)N[C@@H](C)C1CCCCC1. The Morgan fingerprint density at radius 3 is 2.59 bits per heavy atom. The van der Waals surface area contributed by atoms with Gasteiger partial charge in [-0.05, 0) is 32.1 Å². The van der Waals surface area contributed by atoms with Crippen molar-refractivity contribution >= 4 is 5.91 Å². The molecular formula is C14H28N2O. The van der Waals surface area contributed by atoms with Crippen LogP contribution in [0.2, 0.25) is 0 Å². The molecule has 0 bridgehead atoms. The fourth-order valence-electron chi connectivity index (χ4n) is 2.64. The van der Waals surface area contributed by atoms with Crippen molar-refractivity contribution in [3.05, 3.63) is 0 Å². The fourth-order valence-corrected chi connectivity index (χ4v) is 2.64. The third-order valence-corrected chi connectivity index (χ3v) is 3.93. The highest BCUT2D eigenvalue weighted by atomic mass is 16.2. The molecule has 0 aromatic carbocycles. The molecule has 0 aliphatic heterocycles. The Balaban J connectivity index is 2.28. The monoisotopic (exact) mass is 240 g/mol. The van der Waals surface area contributed by atoms with Gasteiger partial charge in [0.05, 0.1) is 6.04 Å². The van der Waals surface area contributed by atoms with Gasteiger partial charge in [0.2, 0.25) is 5.91 Å². The molecule has 0 spiro atoms. The van der Waals surface area contributed by atoms with E-state index in [1.165, 1.54) is 32.1 Å². The predicted octanol–water partition coefficient (Wildman–Crippen LogP) is 2.59. The Kier molecular flexibility index (Phi) is 6.56. The van der Waals surface area contributed by atoms with E-state index >= 15 is 0 Å². The van der Waals surface area contributed by atoms with Crippen LogP contribution in [0.15, 0.2) is 0 Å². The summed E-state index contributed by atoms with van der Waals surface area (Å²) >= 11 is 0. The van der Waals surface area contributed by atoms with Gasteiger partial charge >= 0.3 is 0 Å². The first-order chi connectivity index (χ1) is 8.15. The Hall–Kier alpha value is -0.570. The summed E-state index contributed by atoms with van der Waals surface area (Å²) < 4.78 is 0. The van der Waals surface area contributed by atoms with Gasteiger partial charge in [0.1, 0.15) is 0 Å². The molecule has 1 rings (SSSR count). The first kappa shape index (κ1) is 14.5. The van der Waals surface area contributed by atoms with E-state index in [1.807, 2.05) is 0 Å². The summed E-state index contributed by atoms with van der Waals surface area (Å²) in [5.41, 5.74) is 5.87. The lowest BCUT2D eigenvalue weighted by molar-refractivity contribution is -0.123. The van der Waals surface area contributed by atoms with Crippen LogP contribution in [0.25, 0.3) is 0 Å². The van der Waals surface area contributed by atoms with Crippen molar-refractivity contribution in [2.45, 2.75) is 77.3 Å². The molecule has 3 N–H and O–H groups in total. The van der Waals surface area contributed by atoms with Crippen molar-refractivity contribution in [2.24, 2.45) is 11.7 Å². The van der Waals surface area contributed by atoms with Crippen LogP contribution >= 0.6 is 0 Å². The second-order valence-electron chi connectivity index (χ2n) is 5.44. The molecule has 3 nitrogen and oxygen atoms in total. The van der Waals surface area contributed by atoms with E-state index in [2.05, 4.69) is 19.2 Å². The van der Waals surface area contributed by atoms with Crippen molar-refractivity contribution in [1.29, 1.82) is 0 Å². The molecule has 0 heterocycles. The molecule has 1 aliphatic rings. The molecular weight excluding hydrogens is 212 g/mol. The van der Waals surface area contributed by atoms with Crippen LogP contribution in [-0.4, -0.2) is 18.0 Å². The molecule has 100 valence electrons. The Bertz CT molecular complexity index is 224. The van der Waals surface area contributed by atoms with E-state index < -0.39 is 0 Å². The van der Waals surface area contributed by atoms with E-state index in [0.29, 0.717) is 5.92 Å². The zero-order valence-corrected chi connectivity index (χ0v) is 11.4. The maximum absolute atomic E-state index is 11.9. The lowest BCUT2D eigenvalue weighted by Gasteiger charge is -2.29. The molecule has 1 aliphatic carbocycles. The van der Waals surface area contributed by atoms with Crippen LogP contribution in [0.4, 0.5) is 0 Å². The zero-order chi connectivity index (χ0) is 12.7. The minimum absolute atomic E-state index is 0.0384. The van der Waals surface area contributed by atoms with Crippen LogP contribution in [-0.2, 0) is 4.79 Å². The minimum Gasteiger partial charge on any atom is -0.352 e. The Labute approximate surface area is 106 Å². The van der Waals surface area contributed by atoms with Crippen LogP contribution in [0.3, 0.4) is 0 Å². The third kappa shape index (κ3) is 5.07. The van der Waals surface area contributed by atoms with Gasteiger partial charge in [0.25, 0.3) is 0 Å². The molecule has 0 unspecified atom stereocenters. The second kappa shape index (κ2) is 7.70. The molecule has 0 saturated heterocycles. The quantitative estimate of drug-likeness (QED) is 0.750. The van der Waals surface area contributed by atoms with Crippen molar-refractivity contribution in [1.82, 2.24) is 5.32 Å². The average Bonchev–Trinajstić information content (AvgIpc) is 2.36. The lowest BCUT2D eigenvalue weighted by atomic mass is 9.84. The number of carbonyl (C=O) groups is 1. The summed E-state index contributed by atoms with van der Waals surface area (Å²) in [5, 5.41) is 3.09. The number of amides is 1. The smallest absolute Gasteiger partial charge is 0.237 e. The fraction of sp³-hybridized carbons (Fsp3) is 0.929. The van der Waals surface area contributed by atoms with E-state index in [-0.39, 0.29) is 18.0 Å². The topological polar surface area (TPSA) is 55.1 Å². The number of hydrogen-bond acceptors (Lipinski definition) is 2. The summed E-state index contributed by atoms with van der Waals surface area (Å²) in [4.78, 5) is 11.9. The van der Waals surface area contributed by atoms with Gasteiger partial charge in [-0.3, -0.25) is 4.79 Å². The van der Waals surface area contributed by atoms with Crippen LogP contribution in [0.1, 0.15) is 65.2 Å². The number of carbonyl (C=O) groups excluding carboxylic acids is 1. The summed E-state index contributed by atoms with van der Waals surface area (Å²) in [7, 11) is 0. The zero-order valence-electron chi connectivity index (χ0n) is 11.4. The highest BCUT2D eigenvalue weighted by Crippen LogP contribution is 2.26. The van der Waals surface area contributed by atoms with E-state index in [9.17, 15) is 4.79 Å². The Morgan fingerprint density at radius 2 is 2.00 bits per heavy atom. The summed E-state index contributed by atoms with van der Waals surface area (Å²) in [6, 6.07) is -0.0310. The van der Waals surface area contributed by atoms with E-state index in [0.717, 1.165) is 19.3 Å². The van der Waals surface area contributed by atoms with E-state index in [4.69, 9.17) is 5.73 Å². The maximum atomic E-state index is 11.9.